The molecule has 0 atom stereocenters. The van der Waals surface area contributed by atoms with Crippen LogP contribution in [0.1, 0.15) is 13.8 Å². The van der Waals surface area contributed by atoms with E-state index >= 15 is 0 Å². The molecule has 0 aliphatic carbocycles. The third-order valence-electron chi connectivity index (χ3n) is 0.359. The highest BCUT2D eigenvalue weighted by atomic mass is 16.4. The zero-order chi connectivity index (χ0) is 5.70. The number of rotatable bonds is 2. The first-order valence-electron chi connectivity index (χ1n) is 2.34. The van der Waals surface area contributed by atoms with Gasteiger partial charge >= 0.3 is 1.43 Å². The van der Waals surface area contributed by atoms with Gasteiger partial charge in [0, 0.05) is 6.21 Å². The third kappa shape index (κ3) is 3.47. The quantitative estimate of drug-likeness (QED) is 0.306. The molecule has 0 radical (unpaired) electrons. The van der Waals surface area contributed by atoms with E-state index < -0.39 is 0 Å². The lowest BCUT2D eigenvalue weighted by Gasteiger charge is -1.84. The highest BCUT2D eigenvalue weighted by Gasteiger charge is 1.79. The van der Waals surface area contributed by atoms with Crippen LogP contribution in [0.4, 0.5) is 0 Å². The van der Waals surface area contributed by atoms with Crippen molar-refractivity contribution in [2.24, 2.45) is 11.1 Å². The average molecular weight is 88.1 g/mol. The molecule has 0 aromatic rings. The largest absolute Gasteiger partial charge is 0.411 e. The maximum Gasteiger partial charge on any atom is 0.330 e. The van der Waals surface area contributed by atoms with Gasteiger partial charge < -0.3 is 5.21 Å². The van der Waals surface area contributed by atoms with Gasteiger partial charge in [0.2, 0.25) is 0 Å². The molecule has 0 heterocycles. The summed E-state index contributed by atoms with van der Waals surface area (Å²) >= 11 is 0. The monoisotopic (exact) mass is 88.1 g/mol. The highest BCUT2D eigenvalue weighted by molar-refractivity contribution is 5.58. The van der Waals surface area contributed by atoms with Crippen LogP contribution in [-0.4, -0.2) is 11.4 Å². The minimum atomic E-state index is 0.366. The van der Waals surface area contributed by atoms with Crippen molar-refractivity contribution < 1.29 is 6.64 Å². The van der Waals surface area contributed by atoms with Crippen molar-refractivity contribution in [2.45, 2.75) is 13.8 Å². The van der Waals surface area contributed by atoms with Crippen LogP contribution in [0.3, 0.4) is 0 Å². The molecule has 2 heteroatoms. The van der Waals surface area contributed by atoms with Gasteiger partial charge in [-0.15, -0.1) is 5.16 Å². The molecule has 0 fully saturated rings. The summed E-state index contributed by atoms with van der Waals surface area (Å²) in [5, 5.41) is 6.89. The second-order valence-corrected chi connectivity index (χ2v) is 1.50. The predicted octanol–water partition coefficient (Wildman–Crippen LogP) is 1.10. The van der Waals surface area contributed by atoms with Crippen molar-refractivity contribution in [3.05, 3.63) is 0 Å². The van der Waals surface area contributed by atoms with Gasteiger partial charge in [-0.25, -0.2) is 0 Å². The second-order valence-electron chi connectivity index (χ2n) is 1.50. The zero-order valence-corrected chi connectivity index (χ0v) is 4.01. The van der Waals surface area contributed by atoms with E-state index in [1.54, 1.807) is 6.21 Å². The SMILES string of the molecule is [2H]O/N=C/C(C)C. The fourth-order valence-electron chi connectivity index (χ4n) is 0.122. The van der Waals surface area contributed by atoms with E-state index in [2.05, 4.69) is 10.4 Å². The Balaban J connectivity index is 3.08. The Hall–Kier alpha value is -0.530. The Morgan fingerprint density at radius 1 is 2.00 bits per heavy atom. The summed E-state index contributed by atoms with van der Waals surface area (Å²) in [5.74, 6) is 0.366. The first-order valence-corrected chi connectivity index (χ1v) is 1.93. The molecule has 0 aromatic carbocycles. The van der Waals surface area contributed by atoms with E-state index in [1.807, 2.05) is 13.8 Å². The Labute approximate surface area is 39.0 Å². The third-order valence-corrected chi connectivity index (χ3v) is 0.359. The smallest absolute Gasteiger partial charge is 0.330 e. The molecule has 36 valence electrons. The summed E-state index contributed by atoms with van der Waals surface area (Å²) < 4.78 is 6.10. The average Bonchev–Trinajstić information content (AvgIpc) is 1.61. The first-order chi connectivity index (χ1) is 3.27. The van der Waals surface area contributed by atoms with E-state index in [-0.39, 0.29) is 0 Å². The molecule has 0 saturated heterocycles. The molecule has 2 nitrogen and oxygen atoms in total. The molecule has 0 amide bonds. The van der Waals surface area contributed by atoms with E-state index in [0.717, 1.165) is 0 Å². The molecule has 0 rings (SSSR count). The summed E-state index contributed by atoms with van der Waals surface area (Å²) in [5.41, 5.74) is 0. The minimum absolute atomic E-state index is 0.366. The Kier molecular flexibility index (Phi) is 1.64. The van der Waals surface area contributed by atoms with Crippen LogP contribution < -0.4 is 0 Å². The fourth-order valence-corrected chi connectivity index (χ4v) is 0.122. The predicted molar refractivity (Wildman–Crippen MR) is 25.1 cm³/mol. The number of nitrogens with zero attached hydrogens (tertiary/aromatic N) is 1. The van der Waals surface area contributed by atoms with Crippen LogP contribution in [0.5, 0.6) is 0 Å². The maximum absolute atomic E-state index is 6.10. The molecule has 0 aromatic heterocycles. The summed E-state index contributed by atoms with van der Waals surface area (Å²) in [4.78, 5) is 0. The van der Waals surface area contributed by atoms with Crippen LogP contribution in [-0.2, 0) is 0 Å². The Morgan fingerprint density at radius 3 is 2.83 bits per heavy atom. The number of hydrogen-bond acceptors (Lipinski definition) is 2. The summed E-state index contributed by atoms with van der Waals surface area (Å²) in [6, 6.07) is 0. The molecule has 0 spiro atoms. The molecule has 0 bridgehead atoms. The van der Waals surface area contributed by atoms with Crippen molar-refractivity contribution in [2.75, 3.05) is 0 Å². The summed E-state index contributed by atoms with van der Waals surface area (Å²) in [7, 11) is 0. The Morgan fingerprint density at radius 2 is 2.67 bits per heavy atom. The van der Waals surface area contributed by atoms with Gasteiger partial charge in [0.1, 0.15) is 0 Å². The van der Waals surface area contributed by atoms with Gasteiger partial charge in [0.15, 0.2) is 0 Å². The van der Waals surface area contributed by atoms with E-state index in [0.29, 0.717) is 5.92 Å². The normalized spacial score (nSPS) is 12.8. The maximum atomic E-state index is 6.10. The second kappa shape index (κ2) is 2.69. The van der Waals surface area contributed by atoms with Crippen molar-refractivity contribution in [3.63, 3.8) is 0 Å². The van der Waals surface area contributed by atoms with Gasteiger partial charge in [-0.3, -0.25) is 0 Å². The zero-order valence-electron chi connectivity index (χ0n) is 5.01. The number of hydrogen-bond donors (Lipinski definition) is 1. The fraction of sp³-hybridized carbons (Fsp3) is 0.750. The van der Waals surface area contributed by atoms with Crippen LogP contribution >= 0.6 is 0 Å². The van der Waals surface area contributed by atoms with Crippen molar-refractivity contribution in [3.8, 4) is 0 Å². The van der Waals surface area contributed by atoms with Gasteiger partial charge in [-0.2, -0.15) is 0 Å². The van der Waals surface area contributed by atoms with Crippen LogP contribution in [0.2, 0.25) is 1.43 Å². The summed E-state index contributed by atoms with van der Waals surface area (Å²) in [6.07, 6.45) is 1.56. The van der Waals surface area contributed by atoms with E-state index in [4.69, 9.17) is 1.43 Å². The van der Waals surface area contributed by atoms with Crippen LogP contribution in [0.25, 0.3) is 0 Å². The topological polar surface area (TPSA) is 32.6 Å². The van der Waals surface area contributed by atoms with Gasteiger partial charge in [0.25, 0.3) is 0 Å². The van der Waals surface area contributed by atoms with Gasteiger partial charge in [0.05, 0.1) is 0 Å². The van der Waals surface area contributed by atoms with Gasteiger partial charge in [-0.1, -0.05) is 13.8 Å². The molecule has 0 aliphatic heterocycles. The van der Waals surface area contributed by atoms with Crippen LogP contribution in [0.15, 0.2) is 5.16 Å². The number of oxime groups is 1. The lowest BCUT2D eigenvalue weighted by Crippen LogP contribution is -1.84. The molecule has 0 unspecified atom stereocenters. The van der Waals surface area contributed by atoms with Crippen LogP contribution in [0, 0.1) is 5.92 Å². The molecular formula is C4H9NO. The minimum Gasteiger partial charge on any atom is -0.411 e. The highest BCUT2D eigenvalue weighted by Crippen LogP contribution is 1.81. The van der Waals surface area contributed by atoms with Gasteiger partial charge in [-0.05, 0) is 5.92 Å². The molecule has 1 N–H and O–H groups in total. The first kappa shape index (κ1) is 3.65. The van der Waals surface area contributed by atoms with Crippen molar-refractivity contribution >= 4 is 6.21 Å². The van der Waals surface area contributed by atoms with Crippen molar-refractivity contribution in [1.29, 1.82) is 0 Å². The Bertz CT molecular complexity index is 62.7. The lowest BCUT2D eigenvalue weighted by atomic mass is 10.3. The molecular weight excluding hydrogens is 78.0 g/mol. The molecule has 0 aliphatic rings. The van der Waals surface area contributed by atoms with E-state index in [9.17, 15) is 0 Å². The summed E-state index contributed by atoms with van der Waals surface area (Å²) in [6.45, 7) is 3.92. The van der Waals surface area contributed by atoms with E-state index in [1.165, 1.54) is 0 Å². The molecule has 6 heavy (non-hydrogen) atoms. The molecule has 0 saturated carbocycles. The lowest BCUT2D eigenvalue weighted by molar-refractivity contribution is 0.319. The van der Waals surface area contributed by atoms with Crippen molar-refractivity contribution in [1.82, 2.24) is 0 Å². The standard InChI is InChI=1S/C4H9NO/c1-4(2)3-5-6/h3-4,6H,1-2H3/b5-3+/i/hD.